The summed E-state index contributed by atoms with van der Waals surface area (Å²) in [6, 6.07) is 8.75. The minimum atomic E-state index is 0.940. The van der Waals surface area contributed by atoms with Crippen LogP contribution < -0.4 is 10.2 Å². The van der Waals surface area contributed by atoms with Gasteiger partial charge in [0.05, 0.1) is 0 Å². The van der Waals surface area contributed by atoms with Crippen LogP contribution in [0.15, 0.2) is 41.4 Å². The van der Waals surface area contributed by atoms with Crippen molar-refractivity contribution in [1.82, 2.24) is 10.2 Å². The summed E-state index contributed by atoms with van der Waals surface area (Å²) in [6.45, 7) is 9.25. The third kappa shape index (κ3) is 4.52. The molecule has 0 amide bonds. The Balaban J connectivity index is 1.85. The Bertz CT molecular complexity index is 514. The van der Waals surface area contributed by atoms with Gasteiger partial charge in [0.1, 0.15) is 0 Å². The lowest BCUT2D eigenvalue weighted by Gasteiger charge is -2.37. The summed E-state index contributed by atoms with van der Waals surface area (Å²) >= 11 is 0. The first-order chi connectivity index (χ1) is 10.7. The molecule has 1 aliphatic heterocycles. The van der Waals surface area contributed by atoms with Crippen LogP contribution in [0.4, 0.5) is 5.69 Å². The first-order valence-electron chi connectivity index (χ1n) is 8.13. The highest BCUT2D eigenvalue weighted by Gasteiger charge is 2.19. The molecule has 0 aliphatic carbocycles. The number of piperazine rings is 1. The van der Waals surface area contributed by atoms with Gasteiger partial charge in [-0.2, -0.15) is 0 Å². The lowest BCUT2D eigenvalue weighted by molar-refractivity contribution is 0.373. The number of anilines is 1. The van der Waals surface area contributed by atoms with Crippen molar-refractivity contribution < 1.29 is 0 Å². The summed E-state index contributed by atoms with van der Waals surface area (Å²) in [6.07, 6.45) is 5.31. The summed E-state index contributed by atoms with van der Waals surface area (Å²) in [4.78, 5) is 9.21. The quantitative estimate of drug-likeness (QED) is 0.401. The number of benzene rings is 1. The number of aryl methyl sites for hydroxylation is 1. The maximum absolute atomic E-state index is 4.41. The van der Waals surface area contributed by atoms with Gasteiger partial charge in [-0.05, 0) is 38.0 Å². The smallest absolute Gasteiger partial charge is 0.193 e. The Hall–Kier alpha value is -1.97. The van der Waals surface area contributed by atoms with E-state index in [2.05, 4.69) is 70.4 Å². The van der Waals surface area contributed by atoms with Crippen molar-refractivity contribution in [2.24, 2.45) is 4.99 Å². The Morgan fingerprint density at radius 1 is 1.27 bits per heavy atom. The summed E-state index contributed by atoms with van der Waals surface area (Å²) in [5.41, 5.74) is 2.65. The van der Waals surface area contributed by atoms with Crippen molar-refractivity contribution in [3.63, 3.8) is 0 Å². The Morgan fingerprint density at radius 3 is 2.68 bits per heavy atom. The fraction of sp³-hybridized carbons (Fsp3) is 0.500. The second-order valence-electron chi connectivity index (χ2n) is 5.64. The van der Waals surface area contributed by atoms with Gasteiger partial charge in [0, 0.05) is 45.5 Å². The molecular weight excluding hydrogens is 272 g/mol. The standard InChI is InChI=1S/C18H28N4/c1-4-5-6-10-20-18(19-3)22-13-11-21(12-14-22)17-9-7-8-16(2)15-17/h4-5,7-9,15H,6,10-14H2,1-3H3,(H,19,20)/b5-4+. The molecule has 1 aliphatic rings. The van der Waals surface area contributed by atoms with Crippen molar-refractivity contribution in [2.45, 2.75) is 20.3 Å². The van der Waals surface area contributed by atoms with Crippen molar-refractivity contribution in [2.75, 3.05) is 44.7 Å². The van der Waals surface area contributed by atoms with Gasteiger partial charge in [0.15, 0.2) is 5.96 Å². The summed E-state index contributed by atoms with van der Waals surface area (Å²) in [5, 5.41) is 3.44. The molecule has 0 spiro atoms. The zero-order valence-electron chi connectivity index (χ0n) is 14.0. The minimum Gasteiger partial charge on any atom is -0.368 e. The largest absolute Gasteiger partial charge is 0.368 e. The lowest BCUT2D eigenvalue weighted by atomic mass is 10.2. The first kappa shape index (κ1) is 16.4. The average molecular weight is 300 g/mol. The van der Waals surface area contributed by atoms with Crippen LogP contribution in [0.25, 0.3) is 0 Å². The van der Waals surface area contributed by atoms with Crippen molar-refractivity contribution >= 4 is 11.6 Å². The monoisotopic (exact) mass is 300 g/mol. The Labute approximate surface area is 134 Å². The van der Waals surface area contributed by atoms with Crippen molar-refractivity contribution in [3.05, 3.63) is 42.0 Å². The number of rotatable bonds is 4. The average Bonchev–Trinajstić information content (AvgIpc) is 2.55. The molecule has 1 saturated heterocycles. The third-order valence-corrected chi connectivity index (χ3v) is 3.99. The van der Waals surface area contributed by atoms with Crippen molar-refractivity contribution in [3.8, 4) is 0 Å². The van der Waals surface area contributed by atoms with Crippen LogP contribution in [0.2, 0.25) is 0 Å². The fourth-order valence-corrected chi connectivity index (χ4v) is 2.77. The highest BCUT2D eigenvalue weighted by molar-refractivity contribution is 5.80. The first-order valence-corrected chi connectivity index (χ1v) is 8.13. The fourth-order valence-electron chi connectivity index (χ4n) is 2.77. The van der Waals surface area contributed by atoms with Gasteiger partial charge in [-0.25, -0.2) is 0 Å². The Morgan fingerprint density at radius 2 is 2.05 bits per heavy atom. The number of allylic oxidation sites excluding steroid dienone is 1. The predicted molar refractivity (Wildman–Crippen MR) is 95.8 cm³/mol. The van der Waals surface area contributed by atoms with Crippen LogP contribution in [0.3, 0.4) is 0 Å². The molecule has 1 N–H and O–H groups in total. The van der Waals surface area contributed by atoms with Gasteiger partial charge < -0.3 is 15.1 Å². The van der Waals surface area contributed by atoms with E-state index in [0.717, 1.165) is 45.1 Å². The molecule has 22 heavy (non-hydrogen) atoms. The van der Waals surface area contributed by atoms with Crippen LogP contribution in [0, 0.1) is 6.92 Å². The van der Waals surface area contributed by atoms with Crippen LogP contribution in [-0.4, -0.2) is 50.6 Å². The molecule has 1 aromatic rings. The maximum Gasteiger partial charge on any atom is 0.193 e. The molecule has 0 atom stereocenters. The van der Waals surface area contributed by atoms with Gasteiger partial charge >= 0.3 is 0 Å². The molecule has 1 aromatic carbocycles. The predicted octanol–water partition coefficient (Wildman–Crippen LogP) is 2.66. The van der Waals surface area contributed by atoms with Gasteiger partial charge in [-0.1, -0.05) is 24.3 Å². The van der Waals surface area contributed by atoms with E-state index >= 15 is 0 Å². The van der Waals surface area contributed by atoms with Gasteiger partial charge in [-0.3, -0.25) is 4.99 Å². The SMILES string of the molecule is C/C=C/CCNC(=NC)N1CCN(c2cccc(C)c2)CC1. The summed E-state index contributed by atoms with van der Waals surface area (Å²) in [5.74, 6) is 1.02. The molecule has 1 heterocycles. The van der Waals surface area contributed by atoms with E-state index in [1.165, 1.54) is 11.3 Å². The summed E-state index contributed by atoms with van der Waals surface area (Å²) < 4.78 is 0. The Kier molecular flexibility index (Phi) is 6.31. The molecule has 0 bridgehead atoms. The van der Waals surface area contributed by atoms with E-state index in [0.29, 0.717) is 0 Å². The molecule has 120 valence electrons. The third-order valence-electron chi connectivity index (χ3n) is 3.99. The van der Waals surface area contributed by atoms with Crippen LogP contribution in [-0.2, 0) is 0 Å². The zero-order chi connectivity index (χ0) is 15.8. The number of hydrogen-bond donors (Lipinski definition) is 1. The molecule has 1 fully saturated rings. The van der Waals surface area contributed by atoms with Gasteiger partial charge in [0.25, 0.3) is 0 Å². The number of nitrogens with one attached hydrogen (secondary N) is 1. The van der Waals surface area contributed by atoms with Crippen LogP contribution in [0.5, 0.6) is 0 Å². The number of guanidine groups is 1. The second-order valence-corrected chi connectivity index (χ2v) is 5.64. The van der Waals surface area contributed by atoms with E-state index in [-0.39, 0.29) is 0 Å². The second kappa shape index (κ2) is 8.47. The normalized spacial score (nSPS) is 16.4. The van der Waals surface area contributed by atoms with E-state index < -0.39 is 0 Å². The van der Waals surface area contributed by atoms with Gasteiger partial charge in [0.2, 0.25) is 0 Å². The highest BCUT2D eigenvalue weighted by atomic mass is 15.3. The topological polar surface area (TPSA) is 30.9 Å². The van der Waals surface area contributed by atoms with E-state index in [1.807, 2.05) is 7.05 Å². The molecule has 0 saturated carbocycles. The van der Waals surface area contributed by atoms with E-state index in [4.69, 9.17) is 0 Å². The number of nitrogens with zero attached hydrogens (tertiary/aromatic N) is 3. The maximum atomic E-state index is 4.41. The molecular formula is C18H28N4. The molecule has 0 radical (unpaired) electrons. The van der Waals surface area contributed by atoms with Crippen LogP contribution >= 0.6 is 0 Å². The number of hydrogen-bond acceptors (Lipinski definition) is 2. The van der Waals surface area contributed by atoms with E-state index in [9.17, 15) is 0 Å². The van der Waals surface area contributed by atoms with Gasteiger partial charge in [-0.15, -0.1) is 0 Å². The molecule has 0 unspecified atom stereocenters. The van der Waals surface area contributed by atoms with E-state index in [1.54, 1.807) is 0 Å². The lowest BCUT2D eigenvalue weighted by Crippen LogP contribution is -2.52. The minimum absolute atomic E-state index is 0.940. The number of aliphatic imine (C=N–C) groups is 1. The zero-order valence-corrected chi connectivity index (χ0v) is 14.0. The van der Waals surface area contributed by atoms with Crippen molar-refractivity contribution in [1.29, 1.82) is 0 Å². The summed E-state index contributed by atoms with van der Waals surface area (Å²) in [7, 11) is 1.87. The molecule has 2 rings (SSSR count). The molecule has 4 nitrogen and oxygen atoms in total. The molecule has 4 heteroatoms. The highest BCUT2D eigenvalue weighted by Crippen LogP contribution is 2.17. The molecule has 0 aromatic heterocycles. The van der Waals surface area contributed by atoms with Crippen LogP contribution in [0.1, 0.15) is 18.9 Å².